The smallest absolute Gasteiger partial charge is 0.203 e. The topological polar surface area (TPSA) is 52.2 Å². The fraction of sp³-hybridized carbons (Fsp3) is 0.296. The summed E-state index contributed by atoms with van der Waals surface area (Å²) in [5.74, 6) is 1.43. The van der Waals surface area contributed by atoms with Crippen LogP contribution < -0.4 is 15.1 Å². The summed E-state index contributed by atoms with van der Waals surface area (Å²) in [7, 11) is 1.64. The summed E-state index contributed by atoms with van der Waals surface area (Å²) in [4.78, 5) is 0. The Morgan fingerprint density at radius 2 is 1.38 bits per heavy atom. The molecule has 1 aromatic heterocycles. The zero-order valence-corrected chi connectivity index (χ0v) is 19.3. The molecule has 0 bridgehead atoms. The number of hydrogen-bond acceptors (Lipinski definition) is 3. The number of nitrogens with zero attached hydrogens (tertiary/aromatic N) is 2. The maximum Gasteiger partial charge on any atom is 0.203 e. The summed E-state index contributed by atoms with van der Waals surface area (Å²) in [5, 5.41) is 8.87. The summed E-state index contributed by atoms with van der Waals surface area (Å²) in [5.41, 5.74) is 5.18. The third kappa shape index (κ3) is 4.42. The lowest BCUT2D eigenvalue weighted by Gasteiger charge is -2.19. The van der Waals surface area contributed by atoms with Gasteiger partial charge in [0.1, 0.15) is 6.61 Å². The molecule has 0 aliphatic rings. The number of aromatic nitrogens is 2. The molecular formula is C27H31N3O2. The van der Waals surface area contributed by atoms with Crippen molar-refractivity contribution in [3.8, 4) is 11.5 Å². The molecule has 0 aliphatic carbocycles. The number of para-hydroxylation sites is 4. The predicted octanol–water partition coefficient (Wildman–Crippen LogP) is 5.36. The highest BCUT2D eigenvalue weighted by molar-refractivity contribution is 5.76. The molecule has 4 aromatic rings. The Morgan fingerprint density at radius 1 is 0.781 bits per heavy atom. The molecule has 1 N–H and O–H groups in total. The van der Waals surface area contributed by atoms with E-state index in [4.69, 9.17) is 14.9 Å². The highest BCUT2D eigenvalue weighted by atomic mass is 16.5. The van der Waals surface area contributed by atoms with Gasteiger partial charge in [0.15, 0.2) is 11.5 Å². The number of benzene rings is 3. The van der Waals surface area contributed by atoms with Crippen LogP contribution in [0.4, 0.5) is 0 Å². The van der Waals surface area contributed by atoms with Crippen molar-refractivity contribution >= 4 is 11.0 Å². The summed E-state index contributed by atoms with van der Waals surface area (Å²) < 4.78 is 15.4. The Balaban J connectivity index is 1.58. The molecule has 0 unspecified atom stereocenters. The number of rotatable bonds is 7. The first-order valence-electron chi connectivity index (χ1n) is 11.0. The van der Waals surface area contributed by atoms with Gasteiger partial charge in [-0.1, -0.05) is 69.3 Å². The average molecular weight is 430 g/mol. The van der Waals surface area contributed by atoms with Crippen molar-refractivity contribution in [2.75, 3.05) is 13.7 Å². The Hall–Kier alpha value is -3.47. The Bertz CT molecular complexity index is 1260. The molecule has 0 amide bonds. The van der Waals surface area contributed by atoms with E-state index in [1.54, 1.807) is 7.11 Å². The molecular weight excluding hydrogens is 398 g/mol. The number of fused-ring (bicyclic) bond motifs is 1. The molecule has 0 radical (unpaired) electrons. The third-order valence-electron chi connectivity index (χ3n) is 5.78. The van der Waals surface area contributed by atoms with Gasteiger partial charge in [0.2, 0.25) is 5.62 Å². The average Bonchev–Trinajstić information content (AvgIpc) is 3.05. The van der Waals surface area contributed by atoms with Crippen molar-refractivity contribution < 1.29 is 9.47 Å². The van der Waals surface area contributed by atoms with Crippen LogP contribution in [0.25, 0.3) is 11.0 Å². The van der Waals surface area contributed by atoms with Crippen molar-refractivity contribution in [2.45, 2.75) is 39.3 Å². The van der Waals surface area contributed by atoms with E-state index >= 15 is 0 Å². The zero-order valence-electron chi connectivity index (χ0n) is 19.3. The van der Waals surface area contributed by atoms with Crippen LogP contribution in [0.15, 0.2) is 72.8 Å². The Labute approximate surface area is 189 Å². The number of ether oxygens (including phenoxy) is 2. The number of imidazole rings is 1. The van der Waals surface area contributed by atoms with E-state index in [2.05, 4.69) is 61.7 Å². The normalized spacial score (nSPS) is 11.6. The number of hydrogen-bond donors (Lipinski definition) is 1. The highest BCUT2D eigenvalue weighted by Gasteiger charge is 2.14. The molecule has 0 saturated heterocycles. The first kappa shape index (κ1) is 21.8. The van der Waals surface area contributed by atoms with Gasteiger partial charge in [-0.15, -0.1) is 0 Å². The fourth-order valence-electron chi connectivity index (χ4n) is 3.96. The quantitative estimate of drug-likeness (QED) is 0.430. The first-order valence-corrected chi connectivity index (χ1v) is 11.0. The Kier molecular flexibility index (Phi) is 6.08. The fourth-order valence-corrected chi connectivity index (χ4v) is 3.96. The second-order valence-electron chi connectivity index (χ2n) is 9.00. The third-order valence-corrected chi connectivity index (χ3v) is 5.78. The van der Waals surface area contributed by atoms with Gasteiger partial charge in [0.05, 0.1) is 31.2 Å². The van der Waals surface area contributed by atoms with E-state index in [1.165, 1.54) is 11.1 Å². The van der Waals surface area contributed by atoms with Gasteiger partial charge in [-0.2, -0.15) is 0 Å². The van der Waals surface area contributed by atoms with Gasteiger partial charge in [-0.05, 0) is 40.8 Å². The molecule has 0 aliphatic heterocycles. The lowest BCUT2D eigenvalue weighted by molar-refractivity contribution is 0.278. The van der Waals surface area contributed by atoms with Gasteiger partial charge < -0.3 is 18.6 Å². The monoisotopic (exact) mass is 429 g/mol. The molecule has 3 aromatic carbocycles. The number of nitrogens with one attached hydrogen (secondary N) is 1. The van der Waals surface area contributed by atoms with Crippen LogP contribution in [-0.2, 0) is 18.5 Å². The largest absolute Gasteiger partial charge is 0.493 e. The van der Waals surface area contributed by atoms with Gasteiger partial charge in [-0.25, -0.2) is 0 Å². The van der Waals surface area contributed by atoms with Crippen LogP contribution in [0.1, 0.15) is 31.9 Å². The van der Waals surface area contributed by atoms with E-state index in [0.717, 1.165) is 11.0 Å². The maximum atomic E-state index is 8.87. The molecule has 0 fully saturated rings. The van der Waals surface area contributed by atoms with Crippen molar-refractivity contribution in [3.05, 3.63) is 89.5 Å². The molecule has 32 heavy (non-hydrogen) atoms. The molecule has 0 saturated carbocycles. The van der Waals surface area contributed by atoms with E-state index in [1.807, 2.05) is 41.0 Å². The van der Waals surface area contributed by atoms with E-state index in [9.17, 15) is 0 Å². The SMILES string of the molecule is COc1ccccc1OCCn1c(=N)n(Cc2ccc(C(C)(C)C)cc2)c2ccccc21. The summed E-state index contributed by atoms with van der Waals surface area (Å²) in [6.07, 6.45) is 0. The van der Waals surface area contributed by atoms with Crippen molar-refractivity contribution in [3.63, 3.8) is 0 Å². The summed E-state index contributed by atoms with van der Waals surface area (Å²) >= 11 is 0. The second-order valence-corrected chi connectivity index (χ2v) is 9.00. The van der Waals surface area contributed by atoms with Crippen molar-refractivity contribution in [1.29, 1.82) is 5.41 Å². The van der Waals surface area contributed by atoms with Gasteiger partial charge in [-0.3, -0.25) is 5.41 Å². The van der Waals surface area contributed by atoms with Gasteiger partial charge in [0, 0.05) is 0 Å². The van der Waals surface area contributed by atoms with Gasteiger partial charge in [0.25, 0.3) is 0 Å². The zero-order chi connectivity index (χ0) is 22.7. The second kappa shape index (κ2) is 8.95. The minimum absolute atomic E-state index is 0.129. The molecule has 166 valence electrons. The van der Waals surface area contributed by atoms with E-state index < -0.39 is 0 Å². The van der Waals surface area contributed by atoms with Crippen LogP contribution in [0, 0.1) is 5.41 Å². The predicted molar refractivity (Wildman–Crippen MR) is 129 cm³/mol. The van der Waals surface area contributed by atoms with E-state index in [-0.39, 0.29) is 5.41 Å². The lowest BCUT2D eigenvalue weighted by atomic mass is 9.87. The minimum atomic E-state index is 0.129. The molecule has 4 rings (SSSR count). The van der Waals surface area contributed by atoms with Crippen LogP contribution in [0.3, 0.4) is 0 Å². The molecule has 1 heterocycles. The molecule has 5 heteroatoms. The van der Waals surface area contributed by atoms with E-state index in [0.29, 0.717) is 36.8 Å². The van der Waals surface area contributed by atoms with Crippen LogP contribution >= 0.6 is 0 Å². The highest BCUT2D eigenvalue weighted by Crippen LogP contribution is 2.26. The van der Waals surface area contributed by atoms with Crippen molar-refractivity contribution in [1.82, 2.24) is 9.13 Å². The van der Waals surface area contributed by atoms with Crippen LogP contribution in [-0.4, -0.2) is 22.9 Å². The Morgan fingerprint density at radius 3 is 2.00 bits per heavy atom. The van der Waals surface area contributed by atoms with Crippen LogP contribution in [0.2, 0.25) is 0 Å². The van der Waals surface area contributed by atoms with Crippen LogP contribution in [0.5, 0.6) is 11.5 Å². The standard InChI is InChI=1S/C27H31N3O2/c1-27(2,3)21-15-13-20(14-16-21)19-30-23-10-6-5-9-22(23)29(26(30)28)17-18-32-25-12-8-7-11-24(25)31-4/h5-16,28H,17-19H2,1-4H3. The van der Waals surface area contributed by atoms with Crippen molar-refractivity contribution in [2.24, 2.45) is 0 Å². The minimum Gasteiger partial charge on any atom is -0.493 e. The molecule has 0 spiro atoms. The summed E-state index contributed by atoms with van der Waals surface area (Å²) in [6, 6.07) is 24.5. The molecule has 5 nitrogen and oxygen atoms in total. The summed E-state index contributed by atoms with van der Waals surface area (Å²) in [6.45, 7) is 8.35. The number of methoxy groups -OCH3 is 1. The molecule has 0 atom stereocenters. The first-order chi connectivity index (χ1) is 15.4. The maximum absolute atomic E-state index is 8.87. The lowest BCUT2D eigenvalue weighted by Crippen LogP contribution is -2.27. The van der Waals surface area contributed by atoms with Gasteiger partial charge >= 0.3 is 0 Å².